The molecule has 0 radical (unpaired) electrons. The molecular weight excluding hydrogens is 526 g/mol. The Labute approximate surface area is 234 Å². The lowest BCUT2D eigenvalue weighted by atomic mass is 9.95. The summed E-state index contributed by atoms with van der Waals surface area (Å²) in [6.07, 6.45) is 6.61. The summed E-state index contributed by atoms with van der Waals surface area (Å²) in [5.74, 6) is 1.03. The van der Waals surface area contributed by atoms with Crippen LogP contribution in [0.3, 0.4) is 0 Å². The highest BCUT2D eigenvalue weighted by molar-refractivity contribution is 7.81. The van der Waals surface area contributed by atoms with E-state index in [4.69, 9.17) is 5.10 Å². The van der Waals surface area contributed by atoms with Crippen LogP contribution in [0.2, 0.25) is 0 Å². The van der Waals surface area contributed by atoms with Crippen molar-refractivity contribution in [3.05, 3.63) is 108 Å². The summed E-state index contributed by atoms with van der Waals surface area (Å²) >= 11 is 0. The zero-order chi connectivity index (χ0) is 26.8. The van der Waals surface area contributed by atoms with Crippen LogP contribution < -0.4 is 5.32 Å². The van der Waals surface area contributed by atoms with Gasteiger partial charge in [-0.3, -0.25) is 4.79 Å². The van der Waals surface area contributed by atoms with Gasteiger partial charge in [0.25, 0.3) is 5.91 Å². The summed E-state index contributed by atoms with van der Waals surface area (Å²) in [6, 6.07) is 21.7. The number of nitrogens with zero attached hydrogens (tertiary/aromatic N) is 6. The van der Waals surface area contributed by atoms with Gasteiger partial charge < -0.3 is 10.8 Å². The van der Waals surface area contributed by atoms with Crippen molar-refractivity contribution < 1.29 is 14.5 Å². The fourth-order valence-corrected chi connectivity index (χ4v) is 6.18. The Hall–Kier alpha value is -4.19. The molecule has 11 heteroatoms. The van der Waals surface area contributed by atoms with E-state index in [0.29, 0.717) is 22.8 Å². The zero-order valence-electron chi connectivity index (χ0n) is 22.1. The third-order valence-electron chi connectivity index (χ3n) is 7.07. The first-order chi connectivity index (χ1) is 19.0. The fraction of sp³-hybridized carbons (Fsp3) is 0.241. The Morgan fingerprint density at radius 3 is 2.55 bits per heavy atom. The molecule has 0 spiro atoms. The quantitative estimate of drug-likeness (QED) is 0.326. The number of anilines is 1. The SMILES string of the molecule is Cc1ccc(-n2nc(C3CCN(S(=O)Cc4ccccc4)CC3)cc2NC(=O)c2cnn3cccnc23)cc1.O. The van der Waals surface area contributed by atoms with E-state index in [1.807, 2.05) is 67.6 Å². The van der Waals surface area contributed by atoms with Crippen molar-refractivity contribution in [1.29, 1.82) is 0 Å². The maximum atomic E-state index is 13.3. The normalized spacial score (nSPS) is 15.0. The van der Waals surface area contributed by atoms with Crippen molar-refractivity contribution in [3.8, 4) is 5.69 Å². The van der Waals surface area contributed by atoms with Crippen LogP contribution in [-0.4, -0.2) is 57.4 Å². The molecule has 1 saturated heterocycles. The first-order valence-corrected chi connectivity index (χ1v) is 14.3. The third kappa shape index (κ3) is 5.71. The Bertz CT molecular complexity index is 1620. The molecule has 2 aromatic carbocycles. The molecule has 6 rings (SSSR count). The molecule has 1 aliphatic heterocycles. The molecule has 1 aliphatic rings. The van der Waals surface area contributed by atoms with Gasteiger partial charge in [0.1, 0.15) is 11.4 Å². The number of piperidine rings is 1. The van der Waals surface area contributed by atoms with Crippen LogP contribution in [-0.2, 0) is 16.7 Å². The van der Waals surface area contributed by atoms with Crippen LogP contribution >= 0.6 is 0 Å². The number of hydrogen-bond donors (Lipinski definition) is 1. The van der Waals surface area contributed by atoms with E-state index in [0.717, 1.165) is 48.4 Å². The third-order valence-corrected chi connectivity index (χ3v) is 8.59. The first-order valence-electron chi connectivity index (χ1n) is 13.0. The second kappa shape index (κ2) is 11.9. The standard InChI is InChI=1S/C29H29N7O2S.H2O/c1-21-8-10-24(11-9-21)36-27(32-29(37)25-19-31-35-15-5-14-30-28(25)35)18-26(33-36)23-12-16-34(17-13-23)39(38)20-22-6-3-2-4-7-22;/h2-11,14-15,18-19,23H,12-13,16-17,20H2,1H3,(H,32,37);1H2. The molecule has 206 valence electrons. The molecule has 1 unspecified atom stereocenters. The van der Waals surface area contributed by atoms with Crippen LogP contribution in [0.1, 0.15) is 45.9 Å². The number of aromatic nitrogens is 5. The number of carbonyl (C=O) groups is 1. The Balaban J connectivity index is 0.00000323. The maximum absolute atomic E-state index is 13.3. The van der Waals surface area contributed by atoms with Crippen molar-refractivity contribution in [2.24, 2.45) is 0 Å². The van der Waals surface area contributed by atoms with Crippen LogP contribution in [0.5, 0.6) is 0 Å². The van der Waals surface area contributed by atoms with E-state index in [9.17, 15) is 9.00 Å². The van der Waals surface area contributed by atoms with Gasteiger partial charge in [0.15, 0.2) is 5.65 Å². The van der Waals surface area contributed by atoms with Crippen molar-refractivity contribution in [2.75, 3.05) is 18.4 Å². The van der Waals surface area contributed by atoms with Gasteiger partial charge in [-0.1, -0.05) is 48.0 Å². The van der Waals surface area contributed by atoms with E-state index < -0.39 is 11.0 Å². The number of benzene rings is 2. The lowest BCUT2D eigenvalue weighted by Crippen LogP contribution is -2.35. The van der Waals surface area contributed by atoms with Gasteiger partial charge in [0, 0.05) is 37.5 Å². The summed E-state index contributed by atoms with van der Waals surface area (Å²) in [5.41, 5.74) is 4.89. The minimum Gasteiger partial charge on any atom is -0.412 e. The highest BCUT2D eigenvalue weighted by atomic mass is 32.2. The summed E-state index contributed by atoms with van der Waals surface area (Å²) in [7, 11) is -1.06. The molecule has 1 atom stereocenters. The number of aryl methyl sites for hydroxylation is 1. The molecule has 4 heterocycles. The molecular formula is C29H31N7O3S. The maximum Gasteiger partial charge on any atom is 0.262 e. The van der Waals surface area contributed by atoms with Crippen LogP contribution in [0.15, 0.2) is 85.3 Å². The molecule has 3 N–H and O–H groups in total. The number of rotatable bonds is 7. The number of amides is 1. The second-order valence-electron chi connectivity index (χ2n) is 9.76. The van der Waals surface area contributed by atoms with Gasteiger partial charge in [-0.25, -0.2) is 22.7 Å². The predicted octanol–water partition coefficient (Wildman–Crippen LogP) is 3.69. The lowest BCUT2D eigenvalue weighted by Gasteiger charge is -2.30. The van der Waals surface area contributed by atoms with Gasteiger partial charge >= 0.3 is 0 Å². The predicted molar refractivity (Wildman–Crippen MR) is 155 cm³/mol. The Kier molecular flexibility index (Phi) is 8.15. The van der Waals surface area contributed by atoms with Crippen molar-refractivity contribution in [3.63, 3.8) is 0 Å². The smallest absolute Gasteiger partial charge is 0.262 e. The highest BCUT2D eigenvalue weighted by Crippen LogP contribution is 2.31. The number of carbonyl (C=O) groups excluding carboxylic acids is 1. The molecule has 5 aromatic rings. The van der Waals surface area contributed by atoms with Gasteiger partial charge in [0.2, 0.25) is 0 Å². The van der Waals surface area contributed by atoms with E-state index in [2.05, 4.69) is 19.7 Å². The molecule has 1 amide bonds. The molecule has 1 fully saturated rings. The monoisotopic (exact) mass is 557 g/mol. The first kappa shape index (κ1) is 27.4. The molecule has 0 bridgehead atoms. The summed E-state index contributed by atoms with van der Waals surface area (Å²) in [4.78, 5) is 17.6. The second-order valence-corrected chi connectivity index (χ2v) is 11.2. The minimum atomic E-state index is -1.06. The van der Waals surface area contributed by atoms with E-state index in [1.165, 1.54) is 6.20 Å². The van der Waals surface area contributed by atoms with E-state index >= 15 is 0 Å². The highest BCUT2D eigenvalue weighted by Gasteiger charge is 2.27. The molecule has 0 aliphatic carbocycles. The van der Waals surface area contributed by atoms with Crippen molar-refractivity contribution in [2.45, 2.75) is 31.4 Å². The summed E-state index contributed by atoms with van der Waals surface area (Å²) in [6.45, 7) is 3.50. The van der Waals surface area contributed by atoms with Gasteiger partial charge in [-0.15, -0.1) is 0 Å². The van der Waals surface area contributed by atoms with Gasteiger partial charge in [0.05, 0.1) is 34.3 Å². The fourth-order valence-electron chi connectivity index (χ4n) is 4.91. The molecule has 40 heavy (non-hydrogen) atoms. The Morgan fingerprint density at radius 2 is 1.80 bits per heavy atom. The largest absolute Gasteiger partial charge is 0.412 e. The van der Waals surface area contributed by atoms with Gasteiger partial charge in [-0.2, -0.15) is 10.2 Å². The van der Waals surface area contributed by atoms with Crippen LogP contribution in [0, 0.1) is 6.92 Å². The van der Waals surface area contributed by atoms with Crippen LogP contribution in [0.25, 0.3) is 11.3 Å². The number of hydrogen-bond acceptors (Lipinski definition) is 5. The molecule has 3 aromatic heterocycles. The topological polar surface area (TPSA) is 129 Å². The van der Waals surface area contributed by atoms with E-state index in [1.54, 1.807) is 27.7 Å². The molecule has 0 saturated carbocycles. The molecule has 10 nitrogen and oxygen atoms in total. The van der Waals surface area contributed by atoms with Crippen molar-refractivity contribution >= 4 is 28.4 Å². The number of fused-ring (bicyclic) bond motifs is 1. The van der Waals surface area contributed by atoms with Gasteiger partial charge in [-0.05, 0) is 43.5 Å². The lowest BCUT2D eigenvalue weighted by molar-refractivity contribution is 0.102. The summed E-state index contributed by atoms with van der Waals surface area (Å²) < 4.78 is 18.4. The van der Waals surface area contributed by atoms with Crippen LogP contribution in [0.4, 0.5) is 5.82 Å². The average molecular weight is 558 g/mol. The summed E-state index contributed by atoms with van der Waals surface area (Å²) in [5, 5.41) is 12.2. The van der Waals surface area contributed by atoms with E-state index in [-0.39, 0.29) is 17.3 Å². The zero-order valence-corrected chi connectivity index (χ0v) is 22.9. The van der Waals surface area contributed by atoms with Crippen molar-refractivity contribution in [1.82, 2.24) is 28.7 Å². The minimum absolute atomic E-state index is 0. The number of nitrogens with one attached hydrogen (secondary N) is 1. The Morgan fingerprint density at radius 1 is 1.05 bits per heavy atom. The average Bonchev–Trinajstić information content (AvgIpc) is 3.59.